The van der Waals surface area contributed by atoms with Crippen molar-refractivity contribution in [3.05, 3.63) is 71.8 Å². The van der Waals surface area contributed by atoms with Crippen LogP contribution in [0.4, 0.5) is 8.78 Å². The fourth-order valence-corrected chi connectivity index (χ4v) is 4.56. The van der Waals surface area contributed by atoms with Crippen molar-refractivity contribution in [2.45, 2.75) is 30.9 Å². The molecule has 2 aromatic carbocycles. The molecule has 2 amide bonds. The van der Waals surface area contributed by atoms with Crippen LogP contribution in [0.1, 0.15) is 24.3 Å². The summed E-state index contributed by atoms with van der Waals surface area (Å²) in [5.41, 5.74) is 4.29. The Kier molecular flexibility index (Phi) is 5.46. The number of carbonyl (C=O) groups is 2. The number of aliphatic hydroxyl groups excluding tert-OH is 1. The quantitative estimate of drug-likeness (QED) is 0.480. The maximum atomic E-state index is 13.5. The molecule has 1 saturated heterocycles. The van der Waals surface area contributed by atoms with Gasteiger partial charge >= 0.3 is 0 Å². The van der Waals surface area contributed by atoms with Gasteiger partial charge in [-0.15, -0.1) is 0 Å². The summed E-state index contributed by atoms with van der Waals surface area (Å²) in [6.07, 6.45) is 0.251. The molecule has 4 N–H and O–H groups in total. The van der Waals surface area contributed by atoms with Gasteiger partial charge in [-0.3, -0.25) is 9.59 Å². The largest absolute Gasteiger partial charge is 0.389 e. The number of H-pyrrole nitrogens is 1. The minimum Gasteiger partial charge on any atom is -0.389 e. The molecule has 2 aliphatic rings. The normalized spacial score (nSPS) is 24.3. The molecular formula is C25H23F2N3O3. The Bertz CT molecular complexity index is 1180. The Balaban J connectivity index is 1.37. The monoisotopic (exact) mass is 451 g/mol. The Hall–Kier alpha value is -3.52. The summed E-state index contributed by atoms with van der Waals surface area (Å²) in [5, 5.41) is 15.1. The van der Waals surface area contributed by atoms with Crippen LogP contribution >= 0.6 is 0 Å². The van der Waals surface area contributed by atoms with Gasteiger partial charge in [-0.05, 0) is 90.0 Å². The van der Waals surface area contributed by atoms with Crippen molar-refractivity contribution < 1.29 is 23.5 Å². The van der Waals surface area contributed by atoms with Crippen molar-refractivity contribution in [3.8, 4) is 22.5 Å². The molecule has 8 heteroatoms. The number of aromatic amines is 1. The molecule has 2 fully saturated rings. The summed E-state index contributed by atoms with van der Waals surface area (Å²) in [6, 6.07) is 13.4. The topological polar surface area (TPSA) is 94.2 Å². The maximum Gasteiger partial charge on any atom is 0.245 e. The Morgan fingerprint density at radius 1 is 0.970 bits per heavy atom. The lowest BCUT2D eigenvalue weighted by Gasteiger charge is -2.35. The number of halogens is 2. The van der Waals surface area contributed by atoms with Gasteiger partial charge in [0.25, 0.3) is 0 Å². The van der Waals surface area contributed by atoms with E-state index in [4.69, 9.17) is 0 Å². The molecule has 33 heavy (non-hydrogen) atoms. The smallest absolute Gasteiger partial charge is 0.245 e. The Morgan fingerprint density at radius 2 is 1.58 bits per heavy atom. The van der Waals surface area contributed by atoms with Crippen molar-refractivity contribution >= 4 is 11.8 Å². The van der Waals surface area contributed by atoms with E-state index in [2.05, 4.69) is 15.6 Å². The van der Waals surface area contributed by atoms with Crippen LogP contribution in [0.2, 0.25) is 0 Å². The summed E-state index contributed by atoms with van der Waals surface area (Å²) in [4.78, 5) is 27.8. The first-order valence-electron chi connectivity index (χ1n) is 10.9. The van der Waals surface area contributed by atoms with Gasteiger partial charge in [0.1, 0.15) is 23.8 Å². The van der Waals surface area contributed by atoms with Gasteiger partial charge < -0.3 is 20.7 Å². The molecule has 2 heterocycles. The van der Waals surface area contributed by atoms with Crippen LogP contribution in [0.25, 0.3) is 22.5 Å². The number of hydrogen-bond acceptors (Lipinski definition) is 3. The Morgan fingerprint density at radius 3 is 2.15 bits per heavy atom. The number of hydrogen-bond donors (Lipinski definition) is 4. The number of carbonyl (C=O) groups excluding carboxylic acids is 2. The van der Waals surface area contributed by atoms with Crippen LogP contribution in [0.3, 0.4) is 0 Å². The van der Waals surface area contributed by atoms with E-state index < -0.39 is 12.1 Å². The Labute approximate surface area is 189 Å². The van der Waals surface area contributed by atoms with Gasteiger partial charge in [0, 0.05) is 23.9 Å². The second-order valence-electron chi connectivity index (χ2n) is 8.69. The first-order chi connectivity index (χ1) is 15.9. The minimum absolute atomic E-state index is 0.0913. The molecule has 2 atom stereocenters. The van der Waals surface area contributed by atoms with Crippen LogP contribution in [0.15, 0.2) is 54.6 Å². The lowest BCUT2D eigenvalue weighted by atomic mass is 9.70. The van der Waals surface area contributed by atoms with Crippen LogP contribution in [0, 0.1) is 17.6 Å². The average molecular weight is 451 g/mol. The third kappa shape index (κ3) is 4.14. The summed E-state index contributed by atoms with van der Waals surface area (Å²) in [5.74, 6) is -1.44. The summed E-state index contributed by atoms with van der Waals surface area (Å²) >= 11 is 0. The predicted octanol–water partition coefficient (Wildman–Crippen LogP) is 3.10. The van der Waals surface area contributed by atoms with E-state index in [9.17, 15) is 23.5 Å². The van der Waals surface area contributed by atoms with Crippen molar-refractivity contribution in [2.75, 3.05) is 6.54 Å². The molecule has 6 nitrogen and oxygen atoms in total. The predicted molar refractivity (Wildman–Crippen MR) is 118 cm³/mol. The third-order valence-corrected chi connectivity index (χ3v) is 6.54. The molecule has 0 radical (unpaired) electrons. The summed E-state index contributed by atoms with van der Waals surface area (Å²) in [6.45, 7) is 0.133. The fourth-order valence-electron chi connectivity index (χ4n) is 4.56. The van der Waals surface area contributed by atoms with Crippen molar-refractivity contribution in [3.63, 3.8) is 0 Å². The standard InChI is InChI=1S/C25H23F2N3O3/c26-17-5-1-13(2-6-17)20-11-19(22(29-20)14-3-7-18(27)8-4-14)15-9-16(10-15)24(32)30-23-21(31)12-28-25(23)33/h1-8,11,15-16,21,23,29,31H,9-10,12H2,(H,28,33)(H,30,32)/t15-,16+,21?,23-/m1/s1. The molecular weight excluding hydrogens is 428 g/mol. The fraction of sp³-hybridized carbons (Fsp3) is 0.280. The van der Waals surface area contributed by atoms with Gasteiger partial charge in [-0.1, -0.05) is 0 Å². The van der Waals surface area contributed by atoms with Gasteiger partial charge in [-0.2, -0.15) is 0 Å². The number of rotatable bonds is 5. The zero-order valence-electron chi connectivity index (χ0n) is 17.6. The maximum absolute atomic E-state index is 13.5. The van der Waals surface area contributed by atoms with Gasteiger partial charge in [0.15, 0.2) is 0 Å². The number of aliphatic hydroxyl groups is 1. The lowest BCUT2D eigenvalue weighted by molar-refractivity contribution is -0.133. The molecule has 1 saturated carbocycles. The van der Waals surface area contributed by atoms with E-state index in [1.54, 1.807) is 24.3 Å². The third-order valence-electron chi connectivity index (χ3n) is 6.54. The van der Waals surface area contributed by atoms with Crippen LogP contribution in [0.5, 0.6) is 0 Å². The molecule has 3 aromatic rings. The van der Waals surface area contributed by atoms with Crippen LogP contribution in [-0.2, 0) is 9.59 Å². The molecule has 1 aromatic heterocycles. The molecule has 1 aliphatic heterocycles. The van der Waals surface area contributed by atoms with Gasteiger partial charge in [-0.25, -0.2) is 8.78 Å². The zero-order valence-corrected chi connectivity index (χ0v) is 17.6. The second-order valence-corrected chi connectivity index (χ2v) is 8.69. The van der Waals surface area contributed by atoms with E-state index >= 15 is 0 Å². The highest BCUT2D eigenvalue weighted by Crippen LogP contribution is 2.46. The van der Waals surface area contributed by atoms with Crippen molar-refractivity contribution in [2.24, 2.45) is 5.92 Å². The van der Waals surface area contributed by atoms with Crippen molar-refractivity contribution in [1.29, 1.82) is 0 Å². The highest BCUT2D eigenvalue weighted by Gasteiger charge is 2.41. The molecule has 5 rings (SSSR count). The SMILES string of the molecule is O=C1NCC(O)[C@H]1NC(=O)[C@H]1C[C@@H](c2cc(-c3ccc(F)cc3)[nH]c2-c2ccc(F)cc2)C1. The number of nitrogens with one attached hydrogen (secondary N) is 3. The van der Waals surface area contributed by atoms with E-state index in [0.717, 1.165) is 28.1 Å². The highest BCUT2D eigenvalue weighted by atomic mass is 19.1. The highest BCUT2D eigenvalue weighted by molar-refractivity contribution is 5.91. The minimum atomic E-state index is -0.926. The second kappa shape index (κ2) is 8.44. The van der Waals surface area contributed by atoms with E-state index in [1.807, 2.05) is 6.07 Å². The van der Waals surface area contributed by atoms with Crippen molar-refractivity contribution in [1.82, 2.24) is 15.6 Å². The number of benzene rings is 2. The number of amides is 2. The molecule has 1 aliphatic carbocycles. The van der Waals surface area contributed by atoms with Crippen LogP contribution < -0.4 is 10.6 Å². The summed E-state index contributed by atoms with van der Waals surface area (Å²) in [7, 11) is 0. The van der Waals surface area contributed by atoms with Gasteiger partial charge in [0.05, 0.1) is 0 Å². The lowest BCUT2D eigenvalue weighted by Crippen LogP contribution is -2.49. The van der Waals surface area contributed by atoms with E-state index in [-0.39, 0.29) is 41.8 Å². The average Bonchev–Trinajstić information content (AvgIpc) is 3.33. The first kappa shape index (κ1) is 21.3. The zero-order chi connectivity index (χ0) is 23.1. The van der Waals surface area contributed by atoms with E-state index in [0.29, 0.717) is 12.8 Å². The van der Waals surface area contributed by atoms with Gasteiger partial charge in [0.2, 0.25) is 11.8 Å². The van der Waals surface area contributed by atoms with Crippen LogP contribution in [-0.4, -0.2) is 40.6 Å². The molecule has 1 unspecified atom stereocenters. The number of β-amino-alcohol motifs (C(OH)–C–C–N with tert-alkyl or cyclic N) is 1. The number of aromatic nitrogens is 1. The summed E-state index contributed by atoms with van der Waals surface area (Å²) < 4.78 is 26.8. The molecule has 0 bridgehead atoms. The van der Waals surface area contributed by atoms with E-state index in [1.165, 1.54) is 24.3 Å². The first-order valence-corrected chi connectivity index (χ1v) is 10.9. The molecule has 170 valence electrons. The molecule has 0 spiro atoms.